The number of hydrogen-bond donors (Lipinski definition) is 1. The lowest BCUT2D eigenvalue weighted by molar-refractivity contribution is -0.577. The third-order valence-corrected chi connectivity index (χ3v) is 4.50. The number of anilines is 1. The number of aryl methyl sites for hydroxylation is 2. The van der Waals surface area contributed by atoms with Gasteiger partial charge in [-0.15, -0.1) is 0 Å². The van der Waals surface area contributed by atoms with E-state index in [1.165, 1.54) is 24.3 Å². The second kappa shape index (κ2) is 8.62. The van der Waals surface area contributed by atoms with E-state index in [1.54, 1.807) is 29.1 Å². The zero-order chi connectivity index (χ0) is 21.0. The van der Waals surface area contributed by atoms with Crippen LogP contribution in [0.25, 0.3) is 11.5 Å². The molecule has 0 fully saturated rings. The van der Waals surface area contributed by atoms with Gasteiger partial charge >= 0.3 is 0 Å². The van der Waals surface area contributed by atoms with Crippen LogP contribution in [0.1, 0.15) is 16.7 Å². The largest absolute Gasteiger partial charge is 0.867 e. The molecule has 0 aliphatic heterocycles. The van der Waals surface area contributed by atoms with E-state index >= 15 is 0 Å². The highest BCUT2D eigenvalue weighted by atomic mass is 32.1. The van der Waals surface area contributed by atoms with Gasteiger partial charge in [-0.1, -0.05) is 36.5 Å². The van der Waals surface area contributed by atoms with Gasteiger partial charge in [0, 0.05) is 30.0 Å². The Labute approximate surface area is 173 Å². The molecule has 1 heterocycles. The molecule has 0 saturated heterocycles. The monoisotopic (exact) mass is 405 g/mol. The number of nitrogens with zero attached hydrogens (tertiary/aromatic N) is 2. The fraction of sp³-hybridized carbons (Fsp3) is 0.0909. The molecular weight excluding hydrogens is 386 g/mol. The van der Waals surface area contributed by atoms with Gasteiger partial charge in [0.15, 0.2) is 17.4 Å². The third-order valence-electron chi connectivity index (χ3n) is 4.20. The summed E-state index contributed by atoms with van der Waals surface area (Å²) in [6.45, 7) is 3.96. The first kappa shape index (κ1) is 20.2. The summed E-state index contributed by atoms with van der Waals surface area (Å²) in [5, 5.41) is 27.5. The van der Waals surface area contributed by atoms with E-state index in [1.807, 2.05) is 38.1 Å². The van der Waals surface area contributed by atoms with Crippen LogP contribution in [-0.4, -0.2) is 9.91 Å². The van der Waals surface area contributed by atoms with Gasteiger partial charge in [0.1, 0.15) is 0 Å². The number of aromatic nitrogens is 1. The van der Waals surface area contributed by atoms with Crippen molar-refractivity contribution < 1.29 is 14.6 Å². The standard InChI is InChI=1S/C22H19N3O3S/c1-15-11-16(2)13-18(12-15)23-22(29)20(24-9-4-3-5-10-24)21(26)17-7-6-8-19(14-17)25(27)28/h3-14H,1-2H3,(H-,23,26,29). The summed E-state index contributed by atoms with van der Waals surface area (Å²) >= 11 is 5.56. The molecule has 0 aliphatic carbocycles. The minimum Gasteiger partial charge on any atom is -0.867 e. The number of thiocarbonyl (C=S) groups is 1. The average Bonchev–Trinajstić information content (AvgIpc) is 2.68. The van der Waals surface area contributed by atoms with Gasteiger partial charge in [0.25, 0.3) is 5.69 Å². The summed E-state index contributed by atoms with van der Waals surface area (Å²) in [5.41, 5.74) is 3.15. The molecule has 3 rings (SSSR count). The van der Waals surface area contributed by atoms with E-state index in [4.69, 9.17) is 12.2 Å². The number of nitro benzene ring substituents is 1. The number of non-ortho nitro benzene ring substituents is 1. The topological polar surface area (TPSA) is 82.1 Å². The highest BCUT2D eigenvalue weighted by molar-refractivity contribution is 7.81. The van der Waals surface area contributed by atoms with E-state index in [0.29, 0.717) is 0 Å². The van der Waals surface area contributed by atoms with E-state index in [2.05, 4.69) is 5.32 Å². The molecule has 1 aromatic heterocycles. The van der Waals surface area contributed by atoms with Crippen molar-refractivity contribution in [1.29, 1.82) is 0 Å². The fourth-order valence-electron chi connectivity index (χ4n) is 3.02. The zero-order valence-corrected chi connectivity index (χ0v) is 16.8. The molecule has 0 spiro atoms. The van der Waals surface area contributed by atoms with Gasteiger partial charge in [-0.3, -0.25) is 10.1 Å². The van der Waals surface area contributed by atoms with Crippen LogP contribution < -0.4 is 15.0 Å². The lowest BCUT2D eigenvalue weighted by atomic mass is 10.1. The Kier molecular flexibility index (Phi) is 5.99. The van der Waals surface area contributed by atoms with Crippen molar-refractivity contribution in [2.45, 2.75) is 13.8 Å². The van der Waals surface area contributed by atoms with Crippen molar-refractivity contribution in [1.82, 2.24) is 0 Å². The lowest BCUT2D eigenvalue weighted by Gasteiger charge is -2.17. The highest BCUT2D eigenvalue weighted by Gasteiger charge is 2.19. The first-order valence-electron chi connectivity index (χ1n) is 8.87. The molecule has 2 aromatic carbocycles. The van der Waals surface area contributed by atoms with E-state index in [0.717, 1.165) is 16.8 Å². The first-order valence-corrected chi connectivity index (χ1v) is 9.28. The summed E-state index contributed by atoms with van der Waals surface area (Å²) in [7, 11) is 0. The maximum Gasteiger partial charge on any atom is 0.270 e. The smallest absolute Gasteiger partial charge is 0.270 e. The van der Waals surface area contributed by atoms with Crippen molar-refractivity contribution in [3.8, 4) is 0 Å². The molecule has 1 N–H and O–H groups in total. The van der Waals surface area contributed by atoms with Crippen LogP contribution in [-0.2, 0) is 0 Å². The third kappa shape index (κ3) is 4.83. The summed E-state index contributed by atoms with van der Waals surface area (Å²) in [6.07, 6.45) is 3.42. The molecule has 7 heteroatoms. The van der Waals surface area contributed by atoms with Gasteiger partial charge in [-0.25, -0.2) is 0 Å². The van der Waals surface area contributed by atoms with Crippen LogP contribution in [0.3, 0.4) is 0 Å². The summed E-state index contributed by atoms with van der Waals surface area (Å²) in [5.74, 6) is -0.410. The predicted octanol–water partition coefficient (Wildman–Crippen LogP) is 3.62. The molecule has 0 saturated carbocycles. The molecule has 0 unspecified atom stereocenters. The van der Waals surface area contributed by atoms with E-state index in [-0.39, 0.29) is 21.9 Å². The minimum atomic E-state index is -0.530. The lowest BCUT2D eigenvalue weighted by Crippen LogP contribution is -2.39. The Morgan fingerprint density at radius 1 is 1.00 bits per heavy atom. The molecule has 146 valence electrons. The Hall–Kier alpha value is -3.58. The normalized spacial score (nSPS) is 11.5. The molecule has 0 atom stereocenters. The zero-order valence-electron chi connectivity index (χ0n) is 16.0. The Morgan fingerprint density at radius 3 is 2.28 bits per heavy atom. The van der Waals surface area contributed by atoms with Crippen LogP contribution in [0, 0.1) is 24.0 Å². The van der Waals surface area contributed by atoms with Crippen LogP contribution in [0.15, 0.2) is 73.1 Å². The van der Waals surface area contributed by atoms with Crippen molar-refractivity contribution in [2.24, 2.45) is 0 Å². The SMILES string of the molecule is Cc1cc(C)cc(NC(=S)/C(=C(\[O-])c2cccc([N+](=O)[O-])c2)[n+]2ccccc2)c1. The quantitative estimate of drug-likeness (QED) is 0.175. The van der Waals surface area contributed by atoms with Crippen LogP contribution in [0.4, 0.5) is 11.4 Å². The fourth-order valence-corrected chi connectivity index (χ4v) is 3.34. The number of pyridine rings is 1. The molecule has 0 amide bonds. The molecule has 29 heavy (non-hydrogen) atoms. The second-order valence-electron chi connectivity index (χ2n) is 6.60. The Balaban J connectivity index is 2.09. The Morgan fingerprint density at radius 2 is 1.66 bits per heavy atom. The van der Waals surface area contributed by atoms with E-state index in [9.17, 15) is 15.2 Å². The first-order chi connectivity index (χ1) is 13.8. The van der Waals surface area contributed by atoms with Crippen molar-refractivity contribution in [2.75, 3.05) is 5.32 Å². The number of rotatable bonds is 5. The molecule has 0 radical (unpaired) electrons. The molecule has 0 bridgehead atoms. The van der Waals surface area contributed by atoms with Crippen molar-refractivity contribution >= 4 is 40.0 Å². The van der Waals surface area contributed by atoms with Gasteiger partial charge in [-0.05, 0) is 48.4 Å². The number of nitro groups is 1. The molecule has 6 nitrogen and oxygen atoms in total. The van der Waals surface area contributed by atoms with E-state index < -0.39 is 10.7 Å². The number of nitrogens with one attached hydrogen (secondary N) is 1. The molecule has 0 aliphatic rings. The number of hydrogen-bond acceptors (Lipinski definition) is 4. The van der Waals surface area contributed by atoms with Gasteiger partial charge < -0.3 is 10.4 Å². The number of benzene rings is 2. The van der Waals surface area contributed by atoms with Crippen molar-refractivity contribution in [3.05, 3.63) is 99.9 Å². The summed E-state index contributed by atoms with van der Waals surface area (Å²) in [6, 6.07) is 16.9. The average molecular weight is 405 g/mol. The molecular formula is C22H19N3O3S. The van der Waals surface area contributed by atoms with Gasteiger partial charge in [-0.2, -0.15) is 4.57 Å². The van der Waals surface area contributed by atoms with Gasteiger partial charge in [0.2, 0.25) is 5.70 Å². The second-order valence-corrected chi connectivity index (χ2v) is 7.01. The van der Waals surface area contributed by atoms with Crippen LogP contribution in [0.5, 0.6) is 0 Å². The van der Waals surface area contributed by atoms with Crippen LogP contribution in [0.2, 0.25) is 0 Å². The Bertz CT molecular complexity index is 1090. The van der Waals surface area contributed by atoms with Crippen LogP contribution >= 0.6 is 12.2 Å². The highest BCUT2D eigenvalue weighted by Crippen LogP contribution is 2.21. The molecule has 3 aromatic rings. The summed E-state index contributed by atoms with van der Waals surface area (Å²) < 4.78 is 1.61. The maximum atomic E-state index is 13.3. The van der Waals surface area contributed by atoms with Crippen molar-refractivity contribution in [3.63, 3.8) is 0 Å². The predicted molar refractivity (Wildman–Crippen MR) is 115 cm³/mol. The minimum absolute atomic E-state index is 0.151. The summed E-state index contributed by atoms with van der Waals surface area (Å²) in [4.78, 5) is 10.8. The van der Waals surface area contributed by atoms with Gasteiger partial charge in [0.05, 0.1) is 4.92 Å². The maximum absolute atomic E-state index is 13.3.